The number of anilines is 1. The lowest BCUT2D eigenvalue weighted by Crippen LogP contribution is -2.51. The van der Waals surface area contributed by atoms with Crippen molar-refractivity contribution in [2.45, 2.75) is 51.7 Å². The number of hydrogen-bond acceptors (Lipinski definition) is 6. The number of ether oxygens (including phenoxy) is 2. The van der Waals surface area contributed by atoms with Crippen molar-refractivity contribution in [3.05, 3.63) is 29.6 Å². The van der Waals surface area contributed by atoms with Gasteiger partial charge in [-0.1, -0.05) is 19.1 Å². The van der Waals surface area contributed by atoms with Crippen LogP contribution in [0.15, 0.2) is 18.2 Å². The first-order valence-electron chi connectivity index (χ1n) is 11.6. The Kier molecular flexibility index (Phi) is 8.87. The Morgan fingerprint density at radius 1 is 1.18 bits per heavy atom. The lowest BCUT2D eigenvalue weighted by atomic mass is 9.86. The van der Waals surface area contributed by atoms with Crippen LogP contribution in [0.5, 0.6) is 0 Å². The summed E-state index contributed by atoms with van der Waals surface area (Å²) >= 11 is 0. The molecule has 2 aliphatic rings. The fraction of sp³-hybridized carbons (Fsp3) is 0.609. The maximum atomic E-state index is 15.0. The molecule has 1 aliphatic carbocycles. The zero-order valence-electron chi connectivity index (χ0n) is 19.1. The highest BCUT2D eigenvalue weighted by Gasteiger charge is 2.31. The molecule has 4 N–H and O–H groups in total. The lowest BCUT2D eigenvalue weighted by Gasteiger charge is -2.39. The first-order chi connectivity index (χ1) is 15.9. The summed E-state index contributed by atoms with van der Waals surface area (Å²) in [5.74, 6) is -0.753. The number of nitrogens with two attached hydrogens (primary N) is 1. The summed E-state index contributed by atoms with van der Waals surface area (Å²) in [6, 6.07) is 4.93. The Balaban J connectivity index is 1.50. The van der Waals surface area contributed by atoms with Crippen LogP contribution < -0.4 is 16.0 Å². The minimum Gasteiger partial charge on any atom is -0.444 e. The third-order valence-electron chi connectivity index (χ3n) is 6.17. The number of piperazine rings is 1. The van der Waals surface area contributed by atoms with Crippen LogP contribution in [0.2, 0.25) is 0 Å². The van der Waals surface area contributed by atoms with Crippen molar-refractivity contribution in [3.63, 3.8) is 0 Å². The highest BCUT2D eigenvalue weighted by molar-refractivity contribution is 5.90. The third-order valence-corrected chi connectivity index (χ3v) is 6.17. The smallest absolute Gasteiger partial charge is 0.414 e. The average Bonchev–Trinajstić information content (AvgIpc) is 2.82. The molecule has 1 aliphatic heterocycles. The molecule has 1 aromatic rings. The minimum absolute atomic E-state index is 0.0522. The SMILES string of the molecule is CCCO[C@H]1CC[C@@H](C(=O)N2CCN(c3cccc(COC(=O)NC(=N)N)c3F)CC2)CC1. The van der Waals surface area contributed by atoms with E-state index in [0.717, 1.165) is 38.7 Å². The number of amides is 2. The molecule has 0 spiro atoms. The molecule has 0 unspecified atom stereocenters. The van der Waals surface area contributed by atoms with Crippen molar-refractivity contribution in [1.82, 2.24) is 10.2 Å². The molecule has 2 fully saturated rings. The molecular weight excluding hydrogens is 429 g/mol. The van der Waals surface area contributed by atoms with Gasteiger partial charge in [0, 0.05) is 44.3 Å². The molecule has 1 saturated carbocycles. The number of alkyl carbamates (subject to hydrolysis) is 1. The summed E-state index contributed by atoms with van der Waals surface area (Å²) < 4.78 is 25.8. The number of halogens is 1. The summed E-state index contributed by atoms with van der Waals surface area (Å²) in [5, 5.41) is 9.00. The largest absolute Gasteiger partial charge is 0.444 e. The molecule has 3 rings (SSSR count). The van der Waals surface area contributed by atoms with Gasteiger partial charge in [-0.15, -0.1) is 0 Å². The molecule has 0 bridgehead atoms. The van der Waals surface area contributed by atoms with E-state index in [2.05, 4.69) is 6.92 Å². The minimum atomic E-state index is -0.912. The number of carbonyl (C=O) groups excluding carboxylic acids is 2. The van der Waals surface area contributed by atoms with Crippen LogP contribution in [0, 0.1) is 17.1 Å². The Morgan fingerprint density at radius 2 is 1.88 bits per heavy atom. The second-order valence-corrected chi connectivity index (χ2v) is 8.52. The van der Waals surface area contributed by atoms with Gasteiger partial charge in [0.1, 0.15) is 6.61 Å². The predicted octanol–water partition coefficient (Wildman–Crippen LogP) is 2.58. The number of carbonyl (C=O) groups is 2. The first-order valence-corrected chi connectivity index (χ1v) is 11.6. The predicted molar refractivity (Wildman–Crippen MR) is 122 cm³/mol. The Labute approximate surface area is 193 Å². The molecule has 0 aromatic heterocycles. The van der Waals surface area contributed by atoms with Gasteiger partial charge in [-0.3, -0.25) is 15.5 Å². The molecule has 10 heteroatoms. The second-order valence-electron chi connectivity index (χ2n) is 8.52. The van der Waals surface area contributed by atoms with E-state index in [1.165, 1.54) is 0 Å². The fourth-order valence-corrected chi connectivity index (χ4v) is 4.40. The van der Waals surface area contributed by atoms with Crippen LogP contribution in [-0.4, -0.2) is 61.7 Å². The Morgan fingerprint density at radius 3 is 2.52 bits per heavy atom. The van der Waals surface area contributed by atoms with Crippen molar-refractivity contribution in [2.24, 2.45) is 11.7 Å². The van der Waals surface area contributed by atoms with Crippen molar-refractivity contribution in [2.75, 3.05) is 37.7 Å². The number of guanidine groups is 1. The summed E-state index contributed by atoms with van der Waals surface area (Å²) in [6.07, 6.45) is 3.96. The monoisotopic (exact) mass is 463 g/mol. The van der Waals surface area contributed by atoms with Gasteiger partial charge < -0.3 is 25.0 Å². The normalized spacial score (nSPS) is 20.9. The van der Waals surface area contributed by atoms with E-state index in [-0.39, 0.29) is 30.1 Å². The van der Waals surface area contributed by atoms with E-state index in [1.54, 1.807) is 18.2 Å². The van der Waals surface area contributed by atoms with Crippen LogP contribution in [0.25, 0.3) is 0 Å². The average molecular weight is 464 g/mol. The van der Waals surface area contributed by atoms with Crippen LogP contribution in [0.3, 0.4) is 0 Å². The van der Waals surface area contributed by atoms with Crippen molar-refractivity contribution >= 4 is 23.6 Å². The van der Waals surface area contributed by atoms with Crippen LogP contribution >= 0.6 is 0 Å². The first kappa shape index (κ1) is 24.8. The topological polar surface area (TPSA) is 121 Å². The van der Waals surface area contributed by atoms with E-state index in [4.69, 9.17) is 20.6 Å². The third kappa shape index (κ3) is 6.80. The van der Waals surface area contributed by atoms with E-state index in [0.29, 0.717) is 31.9 Å². The quantitative estimate of drug-likeness (QED) is 0.422. The summed E-state index contributed by atoms with van der Waals surface area (Å²) in [7, 11) is 0. The maximum absolute atomic E-state index is 15.0. The molecule has 0 radical (unpaired) electrons. The van der Waals surface area contributed by atoms with Gasteiger partial charge >= 0.3 is 6.09 Å². The maximum Gasteiger partial charge on any atom is 0.414 e. The van der Waals surface area contributed by atoms with Gasteiger partial charge in [0.15, 0.2) is 11.8 Å². The van der Waals surface area contributed by atoms with E-state index >= 15 is 4.39 Å². The van der Waals surface area contributed by atoms with Crippen molar-refractivity contribution < 1.29 is 23.5 Å². The molecule has 2 amide bonds. The zero-order valence-corrected chi connectivity index (χ0v) is 19.1. The Hall–Kier alpha value is -2.88. The van der Waals surface area contributed by atoms with Gasteiger partial charge in [0.05, 0.1) is 11.8 Å². The molecule has 1 heterocycles. The van der Waals surface area contributed by atoms with Gasteiger partial charge in [0.25, 0.3) is 0 Å². The van der Waals surface area contributed by atoms with Crippen LogP contribution in [0.1, 0.15) is 44.6 Å². The highest BCUT2D eigenvalue weighted by Crippen LogP contribution is 2.29. The van der Waals surface area contributed by atoms with Crippen molar-refractivity contribution in [3.8, 4) is 0 Å². The van der Waals surface area contributed by atoms with Gasteiger partial charge in [0.2, 0.25) is 5.91 Å². The standard InChI is InChI=1S/C23H34FN5O4/c1-2-14-32-18-8-6-16(7-9-18)21(30)29-12-10-28(11-13-29)19-5-3-4-17(20(19)24)15-33-23(31)27-22(25)26/h3-5,16,18H,2,6-15H2,1H3,(H4,25,26,27,31)/t16-,18+. The molecule has 1 saturated heterocycles. The Bertz CT molecular complexity index is 836. The van der Waals surface area contributed by atoms with Crippen molar-refractivity contribution in [1.29, 1.82) is 5.41 Å². The molecule has 182 valence electrons. The number of rotatable bonds is 7. The zero-order chi connectivity index (χ0) is 23.8. The van der Waals surface area contributed by atoms with Gasteiger partial charge in [-0.2, -0.15) is 0 Å². The molecule has 9 nitrogen and oxygen atoms in total. The molecular formula is C23H34FN5O4. The molecule has 0 atom stereocenters. The van der Waals surface area contributed by atoms with Crippen LogP contribution in [-0.2, 0) is 20.9 Å². The lowest BCUT2D eigenvalue weighted by molar-refractivity contribution is -0.137. The fourth-order valence-electron chi connectivity index (χ4n) is 4.40. The summed E-state index contributed by atoms with van der Waals surface area (Å²) in [4.78, 5) is 28.3. The summed E-state index contributed by atoms with van der Waals surface area (Å²) in [6.45, 7) is 4.76. The molecule has 1 aromatic carbocycles. The molecule has 33 heavy (non-hydrogen) atoms. The van der Waals surface area contributed by atoms with E-state index in [1.807, 2.05) is 15.1 Å². The highest BCUT2D eigenvalue weighted by atomic mass is 19.1. The van der Waals surface area contributed by atoms with Gasteiger partial charge in [-0.25, -0.2) is 9.18 Å². The van der Waals surface area contributed by atoms with E-state index < -0.39 is 17.9 Å². The number of nitrogens with one attached hydrogen (secondary N) is 2. The summed E-state index contributed by atoms with van der Waals surface area (Å²) in [5.41, 5.74) is 5.72. The van der Waals surface area contributed by atoms with Crippen LogP contribution in [0.4, 0.5) is 14.9 Å². The number of benzene rings is 1. The number of hydrogen-bond donors (Lipinski definition) is 3. The second kappa shape index (κ2) is 11.8. The van der Waals surface area contributed by atoms with E-state index in [9.17, 15) is 9.59 Å². The van der Waals surface area contributed by atoms with Gasteiger partial charge in [-0.05, 0) is 38.2 Å². The number of nitrogens with zero attached hydrogens (tertiary/aromatic N) is 2.